The quantitative estimate of drug-likeness (QED) is 0.910. The first-order chi connectivity index (χ1) is 10.1. The minimum absolute atomic E-state index is 0.0192. The number of benzene rings is 1. The van der Waals surface area contributed by atoms with Crippen molar-refractivity contribution in [2.45, 2.75) is 37.6 Å². The highest BCUT2D eigenvalue weighted by atomic mass is 35.5. The van der Waals surface area contributed by atoms with E-state index in [0.717, 1.165) is 37.8 Å². The smallest absolute Gasteiger partial charge is 0.245 e. The Bertz CT molecular complexity index is 575. The van der Waals surface area contributed by atoms with Crippen LogP contribution in [0.2, 0.25) is 5.02 Å². The first-order valence-electron chi connectivity index (χ1n) is 7.45. The highest BCUT2D eigenvalue weighted by molar-refractivity contribution is 6.30. The number of rotatable bonds is 2. The maximum Gasteiger partial charge on any atom is 0.245 e. The van der Waals surface area contributed by atoms with Crippen molar-refractivity contribution in [3.63, 3.8) is 0 Å². The summed E-state index contributed by atoms with van der Waals surface area (Å²) in [6.45, 7) is 1.39. The molecule has 1 spiro atoms. The molecule has 2 fully saturated rings. The fourth-order valence-electron chi connectivity index (χ4n) is 3.52. The maximum absolute atomic E-state index is 12.6. The number of nitrogens with one attached hydrogen (secondary N) is 1. The summed E-state index contributed by atoms with van der Waals surface area (Å²) < 4.78 is 0. The van der Waals surface area contributed by atoms with Crippen molar-refractivity contribution in [3.05, 3.63) is 34.9 Å². The van der Waals surface area contributed by atoms with Gasteiger partial charge in [-0.2, -0.15) is 0 Å². The largest absolute Gasteiger partial charge is 0.354 e. The summed E-state index contributed by atoms with van der Waals surface area (Å²) in [4.78, 5) is 26.8. The van der Waals surface area contributed by atoms with Gasteiger partial charge in [0.25, 0.3) is 0 Å². The van der Waals surface area contributed by atoms with Gasteiger partial charge in [-0.1, -0.05) is 23.7 Å². The number of nitrogens with zero attached hydrogens (tertiary/aromatic N) is 1. The predicted molar refractivity (Wildman–Crippen MR) is 81.1 cm³/mol. The van der Waals surface area contributed by atoms with Crippen LogP contribution in [0.3, 0.4) is 0 Å². The fourth-order valence-corrected chi connectivity index (χ4v) is 3.73. The molecule has 0 radical (unpaired) electrons. The van der Waals surface area contributed by atoms with Crippen molar-refractivity contribution in [3.8, 4) is 0 Å². The third-order valence-electron chi connectivity index (χ3n) is 4.51. The zero-order chi connectivity index (χ0) is 14.9. The van der Waals surface area contributed by atoms with E-state index in [1.54, 1.807) is 11.0 Å². The minimum atomic E-state index is -0.603. The lowest BCUT2D eigenvalue weighted by atomic mass is 9.86. The number of carbonyl (C=O) groups is 2. The Kier molecular flexibility index (Phi) is 3.89. The van der Waals surface area contributed by atoms with Gasteiger partial charge in [0.15, 0.2) is 0 Å². The summed E-state index contributed by atoms with van der Waals surface area (Å²) in [6.07, 6.45) is 3.69. The number of likely N-dealkylation sites (tertiary alicyclic amines) is 1. The second-order valence-corrected chi connectivity index (χ2v) is 6.28. The van der Waals surface area contributed by atoms with E-state index in [4.69, 9.17) is 11.6 Å². The summed E-state index contributed by atoms with van der Waals surface area (Å²) in [6, 6.07) is 7.34. The summed E-state index contributed by atoms with van der Waals surface area (Å²) in [5.74, 6) is 0.0394. The molecule has 0 aromatic heterocycles. The number of halogens is 1. The monoisotopic (exact) mass is 306 g/mol. The van der Waals surface area contributed by atoms with Crippen LogP contribution in [0.15, 0.2) is 24.3 Å². The van der Waals surface area contributed by atoms with E-state index in [2.05, 4.69) is 5.32 Å². The van der Waals surface area contributed by atoms with Crippen LogP contribution in [0, 0.1) is 0 Å². The third-order valence-corrected chi connectivity index (χ3v) is 4.74. The van der Waals surface area contributed by atoms with Gasteiger partial charge < -0.3 is 10.2 Å². The number of piperidine rings is 1. The Labute approximate surface area is 129 Å². The molecule has 1 atom stereocenters. The minimum Gasteiger partial charge on any atom is -0.354 e. The van der Waals surface area contributed by atoms with Crippen molar-refractivity contribution in [2.24, 2.45) is 0 Å². The molecule has 112 valence electrons. The van der Waals surface area contributed by atoms with Crippen LogP contribution in [0.25, 0.3) is 0 Å². The molecule has 2 amide bonds. The molecule has 0 bridgehead atoms. The molecule has 2 saturated heterocycles. The zero-order valence-corrected chi connectivity index (χ0v) is 12.7. The Hall–Kier alpha value is -1.55. The zero-order valence-electron chi connectivity index (χ0n) is 11.9. The average molecular weight is 307 g/mol. The van der Waals surface area contributed by atoms with Crippen LogP contribution in [0.5, 0.6) is 0 Å². The van der Waals surface area contributed by atoms with Gasteiger partial charge in [-0.05, 0) is 43.4 Å². The summed E-state index contributed by atoms with van der Waals surface area (Å²) in [7, 11) is 0. The molecule has 1 unspecified atom stereocenters. The lowest BCUT2D eigenvalue weighted by Gasteiger charge is -2.40. The van der Waals surface area contributed by atoms with Gasteiger partial charge in [0.05, 0.1) is 6.42 Å². The number of carbonyl (C=O) groups excluding carboxylic acids is 2. The fraction of sp³-hybridized carbons (Fsp3) is 0.500. The molecule has 4 nitrogen and oxygen atoms in total. The van der Waals surface area contributed by atoms with Crippen molar-refractivity contribution >= 4 is 23.4 Å². The van der Waals surface area contributed by atoms with Gasteiger partial charge >= 0.3 is 0 Å². The van der Waals surface area contributed by atoms with Crippen molar-refractivity contribution in [1.29, 1.82) is 0 Å². The molecule has 2 aliphatic rings. The Balaban J connectivity index is 1.78. The van der Waals surface area contributed by atoms with Crippen LogP contribution >= 0.6 is 11.6 Å². The Morgan fingerprint density at radius 3 is 2.90 bits per heavy atom. The predicted octanol–water partition coefficient (Wildman–Crippen LogP) is 2.15. The van der Waals surface area contributed by atoms with E-state index in [0.29, 0.717) is 18.0 Å². The first-order valence-corrected chi connectivity index (χ1v) is 7.83. The van der Waals surface area contributed by atoms with Gasteiger partial charge in [-0.15, -0.1) is 0 Å². The van der Waals surface area contributed by atoms with Crippen LogP contribution in [-0.2, 0) is 16.0 Å². The molecule has 0 saturated carbocycles. The van der Waals surface area contributed by atoms with E-state index in [9.17, 15) is 9.59 Å². The molecule has 1 aromatic carbocycles. The highest BCUT2D eigenvalue weighted by Gasteiger charge is 2.50. The molecule has 2 heterocycles. The van der Waals surface area contributed by atoms with E-state index < -0.39 is 5.54 Å². The SMILES string of the molecule is O=C(Cc1cccc(Cl)c1)N1CCCC12CCCNC2=O. The standard InChI is InChI=1S/C16H19ClN2O2/c17-13-5-1-4-12(10-13)11-14(20)19-9-3-7-16(19)6-2-8-18-15(16)21/h1,4-5,10H,2-3,6-9,11H2,(H,18,21). The van der Waals surface area contributed by atoms with Crippen LogP contribution < -0.4 is 5.32 Å². The molecule has 3 rings (SSSR count). The average Bonchev–Trinajstić information content (AvgIpc) is 2.87. The molecule has 2 aliphatic heterocycles. The maximum atomic E-state index is 12.6. The van der Waals surface area contributed by atoms with Gasteiger partial charge in [-0.3, -0.25) is 9.59 Å². The van der Waals surface area contributed by atoms with E-state index >= 15 is 0 Å². The molecular formula is C16H19ClN2O2. The molecule has 0 aliphatic carbocycles. The third kappa shape index (κ3) is 2.64. The lowest BCUT2D eigenvalue weighted by Crippen LogP contribution is -2.60. The summed E-state index contributed by atoms with van der Waals surface area (Å²) >= 11 is 5.96. The highest BCUT2D eigenvalue weighted by Crippen LogP contribution is 2.36. The molecule has 5 heteroatoms. The second kappa shape index (κ2) is 5.68. The van der Waals surface area contributed by atoms with Gasteiger partial charge in [-0.25, -0.2) is 0 Å². The van der Waals surface area contributed by atoms with E-state index in [-0.39, 0.29) is 11.8 Å². The topological polar surface area (TPSA) is 49.4 Å². The van der Waals surface area contributed by atoms with Crippen molar-refractivity contribution in [2.75, 3.05) is 13.1 Å². The van der Waals surface area contributed by atoms with Crippen LogP contribution in [0.1, 0.15) is 31.2 Å². The number of hydrogen-bond acceptors (Lipinski definition) is 2. The normalized spacial score (nSPS) is 25.2. The molecule has 1 N–H and O–H groups in total. The molecular weight excluding hydrogens is 288 g/mol. The molecule has 21 heavy (non-hydrogen) atoms. The van der Waals surface area contributed by atoms with Crippen molar-refractivity contribution in [1.82, 2.24) is 10.2 Å². The van der Waals surface area contributed by atoms with Gasteiger partial charge in [0, 0.05) is 18.1 Å². The summed E-state index contributed by atoms with van der Waals surface area (Å²) in [5, 5.41) is 3.55. The van der Waals surface area contributed by atoms with Crippen LogP contribution in [0.4, 0.5) is 0 Å². The van der Waals surface area contributed by atoms with E-state index in [1.807, 2.05) is 18.2 Å². The van der Waals surface area contributed by atoms with Crippen molar-refractivity contribution < 1.29 is 9.59 Å². The molecule has 1 aromatic rings. The number of hydrogen-bond donors (Lipinski definition) is 1. The van der Waals surface area contributed by atoms with Gasteiger partial charge in [0.1, 0.15) is 5.54 Å². The Morgan fingerprint density at radius 1 is 1.33 bits per heavy atom. The van der Waals surface area contributed by atoms with Crippen LogP contribution in [-0.4, -0.2) is 35.3 Å². The lowest BCUT2D eigenvalue weighted by molar-refractivity contribution is -0.146. The Morgan fingerprint density at radius 2 is 2.14 bits per heavy atom. The second-order valence-electron chi connectivity index (χ2n) is 5.85. The van der Waals surface area contributed by atoms with E-state index in [1.165, 1.54) is 0 Å². The first kappa shape index (κ1) is 14.4. The van der Waals surface area contributed by atoms with Gasteiger partial charge in [0.2, 0.25) is 11.8 Å². The summed E-state index contributed by atoms with van der Waals surface area (Å²) in [5.41, 5.74) is 0.291. The number of amides is 2.